The minimum Gasteiger partial charge on any atom is -0.477 e. The first-order valence-corrected chi connectivity index (χ1v) is 5.66. The monoisotopic (exact) mass is 250 g/mol. The molecule has 0 aliphatic carbocycles. The maximum Gasteiger partial charge on any atom is 0.354 e. The lowest BCUT2D eigenvalue weighted by molar-refractivity contribution is 0.0687. The fourth-order valence-corrected chi connectivity index (χ4v) is 1.51. The molecule has 0 aromatic carbocycles. The molecule has 0 atom stereocenters. The van der Waals surface area contributed by atoms with Crippen molar-refractivity contribution >= 4 is 11.7 Å². The van der Waals surface area contributed by atoms with Crippen LogP contribution in [0.4, 0.5) is 0 Å². The molecule has 18 heavy (non-hydrogen) atoms. The number of fused-ring (bicyclic) bond motifs is 1. The molecule has 0 amide bonds. The van der Waals surface area contributed by atoms with E-state index in [4.69, 9.17) is 4.74 Å². The summed E-state index contributed by atoms with van der Waals surface area (Å²) in [6.45, 7) is 6.08. The highest BCUT2D eigenvalue weighted by atomic mass is 16.5. The first kappa shape index (κ1) is 12.3. The Kier molecular flexibility index (Phi) is 3.14. The van der Waals surface area contributed by atoms with Gasteiger partial charge in [-0.25, -0.2) is 9.78 Å². The predicted octanol–water partition coefficient (Wildman–Crippen LogP) is 1.34. The summed E-state index contributed by atoms with van der Waals surface area (Å²) in [4.78, 5) is 19.5. The van der Waals surface area contributed by atoms with E-state index in [0.29, 0.717) is 12.3 Å². The molecule has 2 heterocycles. The Morgan fingerprint density at radius 3 is 2.78 bits per heavy atom. The average molecular weight is 250 g/mol. The average Bonchev–Trinajstić information content (AvgIpc) is 2.69. The zero-order valence-corrected chi connectivity index (χ0v) is 10.4. The van der Waals surface area contributed by atoms with E-state index >= 15 is 0 Å². The number of hydrogen-bond donors (Lipinski definition) is 1. The first-order valence-electron chi connectivity index (χ1n) is 5.66. The summed E-state index contributed by atoms with van der Waals surface area (Å²) < 4.78 is 6.33. The van der Waals surface area contributed by atoms with Crippen LogP contribution in [0.15, 0.2) is 6.07 Å². The van der Waals surface area contributed by atoms with Crippen molar-refractivity contribution < 1.29 is 14.6 Å². The van der Waals surface area contributed by atoms with Gasteiger partial charge in [-0.2, -0.15) is 9.50 Å². The van der Waals surface area contributed by atoms with Gasteiger partial charge in [0.2, 0.25) is 0 Å². The maximum atomic E-state index is 11.2. The van der Waals surface area contributed by atoms with Crippen LogP contribution in [0.25, 0.3) is 5.78 Å². The summed E-state index contributed by atoms with van der Waals surface area (Å²) in [5.41, 5.74) is 0.692. The Bertz CT molecular complexity index is 591. The number of carboxylic acid groups (broad SMARTS) is 1. The van der Waals surface area contributed by atoms with Crippen LogP contribution in [-0.2, 0) is 0 Å². The smallest absolute Gasteiger partial charge is 0.354 e. The Morgan fingerprint density at radius 1 is 1.50 bits per heavy atom. The van der Waals surface area contributed by atoms with Gasteiger partial charge < -0.3 is 9.84 Å². The standard InChI is InChI=1S/C11H14N4O3/c1-4-18-11-13-10-12-7(6(2)3)5-8(9(16)17)15(10)14-11/h5-6H,4H2,1-3H3,(H,16,17). The Morgan fingerprint density at radius 2 is 2.22 bits per heavy atom. The van der Waals surface area contributed by atoms with E-state index in [9.17, 15) is 9.90 Å². The Hall–Kier alpha value is -2.18. The molecule has 1 N–H and O–H groups in total. The van der Waals surface area contributed by atoms with Crippen LogP contribution < -0.4 is 4.74 Å². The van der Waals surface area contributed by atoms with Crippen molar-refractivity contribution in [3.8, 4) is 6.01 Å². The number of ether oxygens (including phenoxy) is 1. The summed E-state index contributed by atoms with van der Waals surface area (Å²) in [5, 5.41) is 13.1. The highest BCUT2D eigenvalue weighted by molar-refractivity contribution is 5.86. The Balaban J connectivity index is 2.65. The molecule has 0 bridgehead atoms. The molecule has 0 spiro atoms. The zero-order valence-electron chi connectivity index (χ0n) is 10.4. The molecule has 2 rings (SSSR count). The van der Waals surface area contributed by atoms with E-state index in [2.05, 4.69) is 15.1 Å². The molecule has 0 aliphatic rings. The second-order valence-electron chi connectivity index (χ2n) is 4.07. The van der Waals surface area contributed by atoms with Gasteiger partial charge in [-0.15, -0.1) is 5.10 Å². The molecule has 0 saturated heterocycles. The highest BCUT2D eigenvalue weighted by Gasteiger charge is 2.17. The van der Waals surface area contributed by atoms with Gasteiger partial charge in [0.25, 0.3) is 5.78 Å². The van der Waals surface area contributed by atoms with E-state index in [1.807, 2.05) is 13.8 Å². The molecule has 0 unspecified atom stereocenters. The van der Waals surface area contributed by atoms with Gasteiger partial charge in [-0.1, -0.05) is 13.8 Å². The largest absolute Gasteiger partial charge is 0.477 e. The molecule has 7 nitrogen and oxygen atoms in total. The van der Waals surface area contributed by atoms with Crippen LogP contribution in [0.1, 0.15) is 42.9 Å². The van der Waals surface area contributed by atoms with E-state index in [0.717, 1.165) is 0 Å². The van der Waals surface area contributed by atoms with Gasteiger partial charge in [-0.05, 0) is 18.9 Å². The molecule has 0 aliphatic heterocycles. The lowest BCUT2D eigenvalue weighted by atomic mass is 10.1. The minimum atomic E-state index is -1.07. The van der Waals surface area contributed by atoms with Crippen molar-refractivity contribution in [3.63, 3.8) is 0 Å². The summed E-state index contributed by atoms with van der Waals surface area (Å²) in [7, 11) is 0. The SMILES string of the molecule is CCOc1nc2nc(C(C)C)cc(C(=O)O)n2n1. The topological polar surface area (TPSA) is 89.6 Å². The van der Waals surface area contributed by atoms with Crippen LogP contribution in [0, 0.1) is 0 Å². The molecule has 96 valence electrons. The maximum absolute atomic E-state index is 11.2. The number of aromatic nitrogens is 4. The summed E-state index contributed by atoms with van der Waals surface area (Å²) in [6.07, 6.45) is 0. The van der Waals surface area contributed by atoms with Gasteiger partial charge in [0, 0.05) is 5.69 Å². The van der Waals surface area contributed by atoms with Crippen molar-refractivity contribution in [2.75, 3.05) is 6.61 Å². The van der Waals surface area contributed by atoms with Crippen LogP contribution in [0.5, 0.6) is 6.01 Å². The quantitative estimate of drug-likeness (QED) is 0.880. The molecule has 0 fully saturated rings. The number of aromatic carboxylic acids is 1. The van der Waals surface area contributed by atoms with Crippen LogP contribution in [-0.4, -0.2) is 37.3 Å². The fraction of sp³-hybridized carbons (Fsp3) is 0.455. The lowest BCUT2D eigenvalue weighted by Gasteiger charge is -2.05. The van der Waals surface area contributed by atoms with Crippen molar-refractivity contribution in [3.05, 3.63) is 17.5 Å². The molecule has 2 aromatic heterocycles. The minimum absolute atomic E-state index is 0.0298. The summed E-state index contributed by atoms with van der Waals surface area (Å²) >= 11 is 0. The number of rotatable bonds is 4. The third kappa shape index (κ3) is 2.11. The summed E-state index contributed by atoms with van der Waals surface area (Å²) in [6, 6.07) is 1.64. The van der Waals surface area contributed by atoms with Crippen molar-refractivity contribution in [1.82, 2.24) is 19.6 Å². The number of nitrogens with zero attached hydrogens (tertiary/aromatic N) is 4. The third-order valence-corrected chi connectivity index (χ3v) is 2.40. The summed E-state index contributed by atoms with van der Waals surface area (Å²) in [5.74, 6) is -0.723. The third-order valence-electron chi connectivity index (χ3n) is 2.40. The van der Waals surface area contributed by atoms with E-state index in [1.165, 1.54) is 10.6 Å². The van der Waals surface area contributed by atoms with Crippen molar-refractivity contribution in [1.29, 1.82) is 0 Å². The first-order chi connectivity index (χ1) is 8.52. The molecule has 0 radical (unpaired) electrons. The van der Waals surface area contributed by atoms with Crippen LogP contribution in [0.3, 0.4) is 0 Å². The van der Waals surface area contributed by atoms with E-state index in [-0.39, 0.29) is 23.4 Å². The van der Waals surface area contributed by atoms with Crippen LogP contribution >= 0.6 is 0 Å². The molecule has 7 heteroatoms. The Labute approximate surface area is 103 Å². The molecule has 2 aromatic rings. The second kappa shape index (κ2) is 4.59. The molecule has 0 saturated carbocycles. The number of hydrogen-bond acceptors (Lipinski definition) is 5. The predicted molar refractivity (Wildman–Crippen MR) is 63.0 cm³/mol. The molecular formula is C11H14N4O3. The highest BCUT2D eigenvalue weighted by Crippen LogP contribution is 2.16. The van der Waals surface area contributed by atoms with Gasteiger partial charge >= 0.3 is 12.0 Å². The van der Waals surface area contributed by atoms with Gasteiger partial charge in [0.15, 0.2) is 5.69 Å². The normalized spacial score (nSPS) is 11.1. The number of carboxylic acids is 1. The van der Waals surface area contributed by atoms with Gasteiger partial charge in [0.1, 0.15) is 0 Å². The van der Waals surface area contributed by atoms with E-state index in [1.54, 1.807) is 6.92 Å². The zero-order chi connectivity index (χ0) is 13.3. The molecular weight excluding hydrogens is 236 g/mol. The van der Waals surface area contributed by atoms with Gasteiger partial charge in [-0.3, -0.25) is 0 Å². The van der Waals surface area contributed by atoms with Crippen molar-refractivity contribution in [2.45, 2.75) is 26.7 Å². The van der Waals surface area contributed by atoms with Crippen LogP contribution in [0.2, 0.25) is 0 Å². The van der Waals surface area contributed by atoms with Crippen molar-refractivity contribution in [2.24, 2.45) is 0 Å². The van der Waals surface area contributed by atoms with Gasteiger partial charge in [0.05, 0.1) is 6.61 Å². The number of carbonyl (C=O) groups is 1. The second-order valence-corrected chi connectivity index (χ2v) is 4.07. The fourth-order valence-electron chi connectivity index (χ4n) is 1.51. The lowest BCUT2D eigenvalue weighted by Crippen LogP contribution is -2.10. The van der Waals surface area contributed by atoms with E-state index < -0.39 is 5.97 Å².